The molecule has 0 aliphatic carbocycles. The van der Waals surface area contributed by atoms with Crippen molar-refractivity contribution in [2.24, 2.45) is 0 Å². The van der Waals surface area contributed by atoms with Gasteiger partial charge in [-0.05, 0) is 30.3 Å². The maximum absolute atomic E-state index is 5.95. The molecule has 4 heteroatoms. The summed E-state index contributed by atoms with van der Waals surface area (Å²) >= 11 is 3.52. The Morgan fingerprint density at radius 3 is 2.75 bits per heavy atom. The second-order valence-electron chi connectivity index (χ2n) is 4.43. The van der Waals surface area contributed by atoms with E-state index in [1.165, 1.54) is 0 Å². The third-order valence-corrected chi connectivity index (χ3v) is 3.88. The summed E-state index contributed by atoms with van der Waals surface area (Å²) in [4.78, 5) is 4.36. The highest BCUT2D eigenvalue weighted by Gasteiger charge is 2.07. The second-order valence-corrected chi connectivity index (χ2v) is 5.29. The first-order valence-corrected chi connectivity index (χ1v) is 7.04. The Kier molecular flexibility index (Phi) is 3.56. The van der Waals surface area contributed by atoms with Gasteiger partial charge in [0.15, 0.2) is 0 Å². The van der Waals surface area contributed by atoms with Gasteiger partial charge in [0.05, 0.1) is 0 Å². The molecular weight excluding hydrogens is 316 g/mol. The van der Waals surface area contributed by atoms with E-state index in [-0.39, 0.29) is 0 Å². The molecule has 2 N–H and O–H groups in total. The van der Waals surface area contributed by atoms with Crippen molar-refractivity contribution in [3.8, 4) is 5.75 Å². The van der Waals surface area contributed by atoms with E-state index in [0.717, 1.165) is 26.7 Å². The van der Waals surface area contributed by atoms with Gasteiger partial charge in [-0.15, -0.1) is 0 Å². The number of ether oxygens (including phenoxy) is 1. The molecule has 0 spiro atoms. The topological polar surface area (TPSA) is 48.1 Å². The molecule has 0 aliphatic rings. The molecule has 3 aromatic rings. The SMILES string of the molecule is Nc1ccc(OCc2ccccc2Br)c2ncccc12. The largest absolute Gasteiger partial charge is 0.487 e. The summed E-state index contributed by atoms with van der Waals surface area (Å²) in [6, 6.07) is 15.5. The van der Waals surface area contributed by atoms with E-state index in [2.05, 4.69) is 20.9 Å². The lowest BCUT2D eigenvalue weighted by atomic mass is 10.1. The average Bonchev–Trinajstić information content (AvgIpc) is 2.48. The Balaban J connectivity index is 1.92. The zero-order valence-corrected chi connectivity index (χ0v) is 12.3. The van der Waals surface area contributed by atoms with Crippen LogP contribution in [0.1, 0.15) is 5.56 Å². The van der Waals surface area contributed by atoms with Gasteiger partial charge in [-0.25, -0.2) is 0 Å². The lowest BCUT2D eigenvalue weighted by molar-refractivity contribution is 0.308. The van der Waals surface area contributed by atoms with E-state index in [1.807, 2.05) is 48.5 Å². The molecule has 3 nitrogen and oxygen atoms in total. The number of nitrogen functional groups attached to an aromatic ring is 1. The van der Waals surface area contributed by atoms with E-state index in [1.54, 1.807) is 6.20 Å². The Labute approximate surface area is 125 Å². The third kappa shape index (κ3) is 2.47. The smallest absolute Gasteiger partial charge is 0.146 e. The van der Waals surface area contributed by atoms with Gasteiger partial charge >= 0.3 is 0 Å². The molecular formula is C16H13BrN2O. The van der Waals surface area contributed by atoms with Crippen molar-refractivity contribution >= 4 is 32.5 Å². The number of hydrogen-bond acceptors (Lipinski definition) is 3. The first-order chi connectivity index (χ1) is 9.75. The van der Waals surface area contributed by atoms with Crippen LogP contribution in [-0.2, 0) is 6.61 Å². The monoisotopic (exact) mass is 328 g/mol. The van der Waals surface area contributed by atoms with Crippen LogP contribution in [0.5, 0.6) is 5.75 Å². The highest BCUT2D eigenvalue weighted by molar-refractivity contribution is 9.10. The highest BCUT2D eigenvalue weighted by atomic mass is 79.9. The van der Waals surface area contributed by atoms with E-state index in [0.29, 0.717) is 12.3 Å². The first-order valence-electron chi connectivity index (χ1n) is 6.25. The van der Waals surface area contributed by atoms with Gasteiger partial charge in [0, 0.05) is 27.3 Å². The van der Waals surface area contributed by atoms with Gasteiger partial charge in [0.1, 0.15) is 17.9 Å². The summed E-state index contributed by atoms with van der Waals surface area (Å²) in [7, 11) is 0. The molecule has 0 saturated heterocycles. The number of nitrogens with two attached hydrogens (primary N) is 1. The molecule has 0 fully saturated rings. The van der Waals surface area contributed by atoms with E-state index in [4.69, 9.17) is 10.5 Å². The molecule has 1 heterocycles. The van der Waals surface area contributed by atoms with Gasteiger partial charge < -0.3 is 10.5 Å². The molecule has 0 amide bonds. The number of anilines is 1. The van der Waals surface area contributed by atoms with Crippen molar-refractivity contribution in [3.63, 3.8) is 0 Å². The Morgan fingerprint density at radius 2 is 1.90 bits per heavy atom. The molecule has 0 aliphatic heterocycles. The molecule has 0 bridgehead atoms. The lowest BCUT2D eigenvalue weighted by Crippen LogP contribution is -1.98. The molecule has 0 unspecified atom stereocenters. The zero-order valence-electron chi connectivity index (χ0n) is 10.7. The first kappa shape index (κ1) is 12.9. The number of pyridine rings is 1. The van der Waals surface area contributed by atoms with Gasteiger partial charge in [-0.1, -0.05) is 34.1 Å². The Bertz CT molecular complexity index is 758. The number of aromatic nitrogens is 1. The number of nitrogens with zero attached hydrogens (tertiary/aromatic N) is 1. The van der Waals surface area contributed by atoms with E-state index < -0.39 is 0 Å². The van der Waals surface area contributed by atoms with Crippen LogP contribution in [0.3, 0.4) is 0 Å². The predicted octanol–water partition coefficient (Wildman–Crippen LogP) is 4.16. The van der Waals surface area contributed by atoms with Crippen molar-refractivity contribution < 1.29 is 4.74 Å². The van der Waals surface area contributed by atoms with Crippen molar-refractivity contribution in [2.45, 2.75) is 6.61 Å². The van der Waals surface area contributed by atoms with Gasteiger partial charge in [0.2, 0.25) is 0 Å². The quantitative estimate of drug-likeness (QED) is 0.734. The van der Waals surface area contributed by atoms with Crippen LogP contribution in [0, 0.1) is 0 Å². The summed E-state index contributed by atoms with van der Waals surface area (Å²) < 4.78 is 6.93. The number of rotatable bonds is 3. The van der Waals surface area contributed by atoms with Crippen LogP contribution in [0.4, 0.5) is 5.69 Å². The van der Waals surface area contributed by atoms with Crippen molar-refractivity contribution in [1.29, 1.82) is 0 Å². The fourth-order valence-electron chi connectivity index (χ4n) is 2.06. The second kappa shape index (κ2) is 5.51. The third-order valence-electron chi connectivity index (χ3n) is 3.11. The molecule has 1 aromatic heterocycles. The predicted molar refractivity (Wildman–Crippen MR) is 84.6 cm³/mol. The van der Waals surface area contributed by atoms with Crippen LogP contribution < -0.4 is 10.5 Å². The standard InChI is InChI=1S/C16H13BrN2O/c17-13-6-2-1-4-11(13)10-20-15-8-7-14(18)12-5-3-9-19-16(12)15/h1-9H,10,18H2. The van der Waals surface area contributed by atoms with E-state index >= 15 is 0 Å². The number of hydrogen-bond donors (Lipinski definition) is 1. The summed E-state index contributed by atoms with van der Waals surface area (Å²) in [5.74, 6) is 0.741. The summed E-state index contributed by atoms with van der Waals surface area (Å²) in [6.07, 6.45) is 1.74. The zero-order chi connectivity index (χ0) is 13.9. The molecule has 3 rings (SSSR count). The number of halogens is 1. The van der Waals surface area contributed by atoms with Crippen LogP contribution in [0.2, 0.25) is 0 Å². The summed E-state index contributed by atoms with van der Waals surface area (Å²) in [5.41, 5.74) is 8.55. The normalized spacial score (nSPS) is 10.7. The van der Waals surface area contributed by atoms with Crippen molar-refractivity contribution in [1.82, 2.24) is 4.98 Å². The molecule has 0 atom stereocenters. The average molecular weight is 329 g/mol. The van der Waals surface area contributed by atoms with Gasteiger partial charge in [-0.2, -0.15) is 0 Å². The molecule has 100 valence electrons. The minimum absolute atomic E-state index is 0.483. The molecule has 0 saturated carbocycles. The van der Waals surface area contributed by atoms with Gasteiger partial charge in [0.25, 0.3) is 0 Å². The van der Waals surface area contributed by atoms with Crippen LogP contribution in [-0.4, -0.2) is 4.98 Å². The molecule has 0 radical (unpaired) electrons. The fraction of sp³-hybridized carbons (Fsp3) is 0.0625. The maximum Gasteiger partial charge on any atom is 0.146 e. The Morgan fingerprint density at radius 1 is 1.05 bits per heavy atom. The number of fused-ring (bicyclic) bond motifs is 1. The molecule has 2 aromatic carbocycles. The fourth-order valence-corrected chi connectivity index (χ4v) is 2.46. The highest BCUT2D eigenvalue weighted by Crippen LogP contribution is 2.29. The van der Waals surface area contributed by atoms with Crippen molar-refractivity contribution in [3.05, 3.63) is 64.8 Å². The summed E-state index contributed by atoms with van der Waals surface area (Å²) in [5, 5.41) is 0.914. The minimum Gasteiger partial charge on any atom is -0.487 e. The Hall–Kier alpha value is -2.07. The van der Waals surface area contributed by atoms with Crippen molar-refractivity contribution in [2.75, 3.05) is 5.73 Å². The van der Waals surface area contributed by atoms with Crippen LogP contribution >= 0.6 is 15.9 Å². The molecule has 20 heavy (non-hydrogen) atoms. The van der Waals surface area contributed by atoms with Crippen LogP contribution in [0.25, 0.3) is 10.9 Å². The van der Waals surface area contributed by atoms with Gasteiger partial charge in [-0.3, -0.25) is 4.98 Å². The van der Waals surface area contributed by atoms with Crippen LogP contribution in [0.15, 0.2) is 59.2 Å². The lowest BCUT2D eigenvalue weighted by Gasteiger charge is -2.11. The van der Waals surface area contributed by atoms with E-state index in [9.17, 15) is 0 Å². The summed E-state index contributed by atoms with van der Waals surface area (Å²) in [6.45, 7) is 0.483. The number of benzene rings is 2. The maximum atomic E-state index is 5.95. The minimum atomic E-state index is 0.483.